The lowest BCUT2D eigenvalue weighted by molar-refractivity contribution is -0.155. The largest absolute Gasteiger partial charge is 0.465 e. The van der Waals surface area contributed by atoms with Gasteiger partial charge in [-0.2, -0.15) is 0 Å². The standard InChI is InChI=1S/C27H40N2O5/c1-3-33-26(31)23(17-16-21-11-6-4-7-12-21)28-20(2)25(30)29-18-10-15-24(29)27(32)34-19-22-13-8-5-9-14-22/h5,8-9,13-14,20-21,23-24,28H,3-4,6-7,10-12,15-19H2,1-2H3/t20-,23?,24-/m0/s1. The Hall–Kier alpha value is -2.41. The van der Waals surface area contributed by atoms with Crippen molar-refractivity contribution in [3.63, 3.8) is 0 Å². The van der Waals surface area contributed by atoms with E-state index in [0.29, 0.717) is 31.9 Å². The number of likely N-dealkylation sites (tertiary alicyclic amines) is 1. The third kappa shape index (κ3) is 7.55. The Bertz CT molecular complexity index is 793. The molecule has 34 heavy (non-hydrogen) atoms. The average Bonchev–Trinajstić information content (AvgIpc) is 3.36. The first-order valence-electron chi connectivity index (χ1n) is 12.9. The first-order valence-corrected chi connectivity index (χ1v) is 12.9. The van der Waals surface area contributed by atoms with Crippen molar-refractivity contribution in [3.05, 3.63) is 35.9 Å². The second-order valence-electron chi connectivity index (χ2n) is 9.56. The summed E-state index contributed by atoms with van der Waals surface area (Å²) < 4.78 is 10.8. The molecule has 2 fully saturated rings. The van der Waals surface area contributed by atoms with Crippen molar-refractivity contribution >= 4 is 17.8 Å². The van der Waals surface area contributed by atoms with Gasteiger partial charge in [0.05, 0.1) is 12.6 Å². The molecule has 0 spiro atoms. The quantitative estimate of drug-likeness (QED) is 0.490. The van der Waals surface area contributed by atoms with Gasteiger partial charge in [0.2, 0.25) is 5.91 Å². The lowest BCUT2D eigenvalue weighted by atomic mass is 9.85. The highest BCUT2D eigenvalue weighted by Crippen LogP contribution is 2.28. The molecular weight excluding hydrogens is 432 g/mol. The van der Waals surface area contributed by atoms with Crippen LogP contribution >= 0.6 is 0 Å². The molecule has 0 aromatic heterocycles. The Kier molecular flexibility index (Phi) is 10.4. The molecule has 1 heterocycles. The van der Waals surface area contributed by atoms with Crippen molar-refractivity contribution in [2.75, 3.05) is 13.2 Å². The van der Waals surface area contributed by atoms with Gasteiger partial charge in [0.25, 0.3) is 0 Å². The Morgan fingerprint density at radius 3 is 2.47 bits per heavy atom. The molecule has 7 heteroatoms. The van der Waals surface area contributed by atoms with E-state index in [4.69, 9.17) is 9.47 Å². The highest BCUT2D eigenvalue weighted by Gasteiger charge is 2.38. The molecule has 0 radical (unpaired) electrons. The summed E-state index contributed by atoms with van der Waals surface area (Å²) in [4.78, 5) is 40.2. The first-order chi connectivity index (χ1) is 16.5. The fourth-order valence-electron chi connectivity index (χ4n) is 5.11. The van der Waals surface area contributed by atoms with Crippen LogP contribution in [-0.4, -0.2) is 54.0 Å². The van der Waals surface area contributed by atoms with E-state index in [1.807, 2.05) is 30.3 Å². The maximum Gasteiger partial charge on any atom is 0.329 e. The van der Waals surface area contributed by atoms with Crippen LogP contribution in [0.2, 0.25) is 0 Å². The van der Waals surface area contributed by atoms with Crippen molar-refractivity contribution < 1.29 is 23.9 Å². The first kappa shape index (κ1) is 26.2. The predicted octanol–water partition coefficient (Wildman–Crippen LogP) is 3.99. The summed E-state index contributed by atoms with van der Waals surface area (Å²) in [5.41, 5.74) is 0.914. The number of benzene rings is 1. The molecule has 1 aromatic carbocycles. The zero-order valence-electron chi connectivity index (χ0n) is 20.7. The van der Waals surface area contributed by atoms with E-state index in [-0.39, 0.29) is 24.5 Å². The minimum absolute atomic E-state index is 0.175. The van der Waals surface area contributed by atoms with E-state index < -0.39 is 18.1 Å². The number of hydrogen-bond donors (Lipinski definition) is 1. The van der Waals surface area contributed by atoms with Gasteiger partial charge in [-0.25, -0.2) is 4.79 Å². The lowest BCUT2D eigenvalue weighted by Gasteiger charge is -2.29. The van der Waals surface area contributed by atoms with Gasteiger partial charge in [0.15, 0.2) is 0 Å². The molecule has 7 nitrogen and oxygen atoms in total. The van der Waals surface area contributed by atoms with E-state index in [9.17, 15) is 14.4 Å². The van der Waals surface area contributed by atoms with Gasteiger partial charge >= 0.3 is 11.9 Å². The maximum absolute atomic E-state index is 13.3. The van der Waals surface area contributed by atoms with Gasteiger partial charge in [-0.15, -0.1) is 0 Å². The van der Waals surface area contributed by atoms with Crippen LogP contribution in [-0.2, 0) is 30.5 Å². The van der Waals surface area contributed by atoms with E-state index >= 15 is 0 Å². The molecule has 1 saturated carbocycles. The summed E-state index contributed by atoms with van der Waals surface area (Å²) in [6.45, 7) is 4.57. The predicted molar refractivity (Wildman–Crippen MR) is 130 cm³/mol. The Morgan fingerprint density at radius 2 is 1.76 bits per heavy atom. The van der Waals surface area contributed by atoms with Gasteiger partial charge in [-0.05, 0) is 51.0 Å². The fraction of sp³-hybridized carbons (Fsp3) is 0.667. The summed E-state index contributed by atoms with van der Waals surface area (Å²) in [5.74, 6) is -0.216. The zero-order chi connectivity index (χ0) is 24.3. The molecule has 1 aliphatic heterocycles. The van der Waals surface area contributed by atoms with Gasteiger partial charge in [0, 0.05) is 6.54 Å². The maximum atomic E-state index is 13.3. The molecule has 1 aliphatic carbocycles. The Morgan fingerprint density at radius 1 is 1.03 bits per heavy atom. The monoisotopic (exact) mass is 472 g/mol. The number of nitrogens with zero attached hydrogens (tertiary/aromatic N) is 1. The zero-order valence-corrected chi connectivity index (χ0v) is 20.7. The second kappa shape index (κ2) is 13.5. The molecule has 2 aliphatic rings. The third-order valence-corrected chi connectivity index (χ3v) is 7.01. The lowest BCUT2D eigenvalue weighted by Crippen LogP contribution is -2.53. The minimum Gasteiger partial charge on any atom is -0.465 e. The number of rotatable bonds is 11. The van der Waals surface area contributed by atoms with E-state index in [1.54, 1.807) is 18.7 Å². The third-order valence-electron chi connectivity index (χ3n) is 7.01. The van der Waals surface area contributed by atoms with Crippen molar-refractivity contribution in [1.82, 2.24) is 10.2 Å². The molecule has 188 valence electrons. The van der Waals surface area contributed by atoms with Gasteiger partial charge in [-0.3, -0.25) is 14.9 Å². The molecule has 3 atom stereocenters. The van der Waals surface area contributed by atoms with Gasteiger partial charge < -0.3 is 14.4 Å². The Labute approximate surface area is 203 Å². The summed E-state index contributed by atoms with van der Waals surface area (Å²) in [6.07, 6.45) is 9.20. The molecule has 0 bridgehead atoms. The van der Waals surface area contributed by atoms with Crippen LogP contribution in [0, 0.1) is 5.92 Å². The summed E-state index contributed by atoms with van der Waals surface area (Å²) in [7, 11) is 0. The number of carbonyl (C=O) groups is 3. The van der Waals surface area contributed by atoms with E-state index in [2.05, 4.69) is 5.32 Å². The summed E-state index contributed by atoms with van der Waals surface area (Å²) in [5, 5.41) is 3.22. The molecular formula is C27H40N2O5. The SMILES string of the molecule is CCOC(=O)C(CCC1CCCCC1)N[C@@H](C)C(=O)N1CCC[C@H]1C(=O)OCc1ccccc1. The van der Waals surface area contributed by atoms with Crippen molar-refractivity contribution in [3.8, 4) is 0 Å². The second-order valence-corrected chi connectivity index (χ2v) is 9.56. The number of esters is 2. The normalized spacial score (nSPS) is 20.5. The van der Waals surface area contributed by atoms with Crippen molar-refractivity contribution in [2.45, 2.75) is 96.4 Å². The van der Waals surface area contributed by atoms with Crippen LogP contribution in [0.4, 0.5) is 0 Å². The highest BCUT2D eigenvalue weighted by molar-refractivity contribution is 5.88. The van der Waals surface area contributed by atoms with Gasteiger partial charge in [-0.1, -0.05) is 62.4 Å². The summed E-state index contributed by atoms with van der Waals surface area (Å²) >= 11 is 0. The van der Waals surface area contributed by atoms with Crippen LogP contribution < -0.4 is 5.32 Å². The number of carbonyl (C=O) groups excluding carboxylic acids is 3. The molecule has 1 N–H and O–H groups in total. The smallest absolute Gasteiger partial charge is 0.329 e. The topological polar surface area (TPSA) is 84.9 Å². The fourth-order valence-corrected chi connectivity index (χ4v) is 5.11. The number of ether oxygens (including phenoxy) is 2. The molecule has 1 aromatic rings. The van der Waals surface area contributed by atoms with E-state index in [0.717, 1.165) is 18.4 Å². The molecule has 1 amide bonds. The number of hydrogen-bond acceptors (Lipinski definition) is 6. The summed E-state index contributed by atoms with van der Waals surface area (Å²) in [6, 6.07) is 7.82. The minimum atomic E-state index is -0.594. The van der Waals surface area contributed by atoms with E-state index in [1.165, 1.54) is 32.1 Å². The number of amides is 1. The van der Waals surface area contributed by atoms with Crippen LogP contribution in [0.25, 0.3) is 0 Å². The van der Waals surface area contributed by atoms with Crippen LogP contribution in [0.5, 0.6) is 0 Å². The molecule has 1 unspecified atom stereocenters. The van der Waals surface area contributed by atoms with Crippen LogP contribution in [0.1, 0.15) is 77.2 Å². The number of nitrogens with one attached hydrogen (secondary N) is 1. The van der Waals surface area contributed by atoms with Crippen molar-refractivity contribution in [1.29, 1.82) is 0 Å². The average molecular weight is 473 g/mol. The van der Waals surface area contributed by atoms with Crippen LogP contribution in [0.15, 0.2) is 30.3 Å². The molecule has 1 saturated heterocycles. The van der Waals surface area contributed by atoms with Crippen LogP contribution in [0.3, 0.4) is 0 Å². The van der Waals surface area contributed by atoms with Gasteiger partial charge in [0.1, 0.15) is 18.7 Å². The Balaban J connectivity index is 1.55. The molecule has 3 rings (SSSR count). The van der Waals surface area contributed by atoms with Crippen molar-refractivity contribution in [2.24, 2.45) is 5.92 Å². The highest BCUT2D eigenvalue weighted by atomic mass is 16.5.